The lowest BCUT2D eigenvalue weighted by atomic mass is 10.0. The molecule has 2 aromatic carbocycles. The Hall–Kier alpha value is -2.63. The fourth-order valence-corrected chi connectivity index (χ4v) is 2.17. The van der Waals surface area contributed by atoms with E-state index in [9.17, 15) is 13.4 Å². The second kappa shape index (κ2) is 7.77. The normalized spacial score (nSPS) is 10.7. The Balaban J connectivity index is 2.19. The van der Waals surface area contributed by atoms with E-state index < -0.39 is 7.47 Å². The minimum atomic E-state index is -2.97. The van der Waals surface area contributed by atoms with E-state index in [0.29, 0.717) is 0 Å². The first-order valence-corrected chi connectivity index (χ1v) is 7.42. The quantitative estimate of drug-likeness (QED) is 0.451. The van der Waals surface area contributed by atoms with Gasteiger partial charge in [-0.2, -0.15) is 0 Å². The summed E-state index contributed by atoms with van der Waals surface area (Å²) in [5.41, 5.74) is 2.74. The molecular formula is C18H18BF2NO2. The molecule has 0 N–H and O–H groups in total. The van der Waals surface area contributed by atoms with E-state index in [1.807, 2.05) is 43.3 Å². The number of nitrogens with zero attached hydrogens (tertiary/aromatic N) is 1. The van der Waals surface area contributed by atoms with Crippen molar-refractivity contribution in [3.8, 4) is 5.75 Å². The van der Waals surface area contributed by atoms with Crippen LogP contribution in [0.15, 0.2) is 48.5 Å². The first kappa shape index (κ1) is 17.7. The number of rotatable bonds is 6. The number of benzene rings is 2. The maximum absolute atomic E-state index is 12.5. The summed E-state index contributed by atoms with van der Waals surface area (Å²) >= 11 is 0. The SMILES string of the molecule is Cc1ccc(C(=O)C=Cc2ccc(N(C)C)cc2)c(OB(F)F)c1. The highest BCUT2D eigenvalue weighted by molar-refractivity contribution is 6.35. The Morgan fingerprint density at radius 3 is 2.38 bits per heavy atom. The average molecular weight is 329 g/mol. The van der Waals surface area contributed by atoms with Gasteiger partial charge in [-0.25, -0.2) is 8.63 Å². The van der Waals surface area contributed by atoms with Crippen molar-refractivity contribution in [2.75, 3.05) is 19.0 Å². The molecule has 0 aliphatic rings. The maximum atomic E-state index is 12.5. The van der Waals surface area contributed by atoms with Crippen LogP contribution in [-0.4, -0.2) is 27.3 Å². The zero-order chi connectivity index (χ0) is 17.7. The van der Waals surface area contributed by atoms with E-state index in [0.717, 1.165) is 16.8 Å². The number of carbonyl (C=O) groups excluding carboxylic acids is 1. The number of anilines is 1. The van der Waals surface area contributed by atoms with E-state index in [1.54, 1.807) is 19.1 Å². The van der Waals surface area contributed by atoms with Gasteiger partial charge in [-0.05, 0) is 48.4 Å². The monoisotopic (exact) mass is 329 g/mol. The Bertz CT molecular complexity index is 743. The van der Waals surface area contributed by atoms with Crippen LogP contribution >= 0.6 is 0 Å². The molecule has 0 aliphatic heterocycles. The van der Waals surface area contributed by atoms with E-state index in [4.69, 9.17) is 0 Å². The molecule has 0 saturated carbocycles. The molecular weight excluding hydrogens is 311 g/mol. The standard InChI is InChI=1S/C18H18BF2NO2/c1-13-4-10-16(18(12-13)24-19(20)21)17(23)11-7-14-5-8-15(9-6-14)22(2)3/h4-12H,1-3H3. The Kier molecular flexibility index (Phi) is 5.74. The molecule has 24 heavy (non-hydrogen) atoms. The number of aryl methyl sites for hydroxylation is 1. The molecule has 0 aliphatic carbocycles. The third-order valence-corrected chi connectivity index (χ3v) is 3.46. The number of hydrogen-bond donors (Lipinski definition) is 0. The van der Waals surface area contributed by atoms with Gasteiger partial charge < -0.3 is 9.55 Å². The second-order valence-corrected chi connectivity index (χ2v) is 5.56. The molecule has 124 valence electrons. The third-order valence-electron chi connectivity index (χ3n) is 3.46. The van der Waals surface area contributed by atoms with Crippen LogP contribution in [0.2, 0.25) is 0 Å². The summed E-state index contributed by atoms with van der Waals surface area (Å²) in [4.78, 5) is 14.3. The molecule has 2 rings (SSSR count). The topological polar surface area (TPSA) is 29.5 Å². The molecule has 0 amide bonds. The smallest absolute Gasteiger partial charge is 0.505 e. The van der Waals surface area contributed by atoms with Crippen molar-refractivity contribution in [3.63, 3.8) is 0 Å². The minimum Gasteiger partial charge on any atom is -0.505 e. The summed E-state index contributed by atoms with van der Waals surface area (Å²) < 4.78 is 29.4. The molecule has 2 aromatic rings. The molecule has 0 radical (unpaired) electrons. The van der Waals surface area contributed by atoms with Gasteiger partial charge in [-0.15, -0.1) is 0 Å². The lowest BCUT2D eigenvalue weighted by molar-refractivity contribution is 0.104. The van der Waals surface area contributed by atoms with Gasteiger partial charge in [0.2, 0.25) is 0 Å². The van der Waals surface area contributed by atoms with Crippen molar-refractivity contribution in [2.45, 2.75) is 6.92 Å². The minimum absolute atomic E-state index is 0.109. The van der Waals surface area contributed by atoms with Crippen LogP contribution in [0.5, 0.6) is 5.75 Å². The summed E-state index contributed by atoms with van der Waals surface area (Å²) in [5, 5.41) is 0. The Morgan fingerprint density at radius 1 is 1.12 bits per heavy atom. The fourth-order valence-electron chi connectivity index (χ4n) is 2.17. The van der Waals surface area contributed by atoms with Crippen LogP contribution in [-0.2, 0) is 0 Å². The molecule has 0 heterocycles. The molecule has 0 fully saturated rings. The van der Waals surface area contributed by atoms with Gasteiger partial charge in [-0.3, -0.25) is 4.79 Å². The number of allylic oxidation sites excluding steroid dienone is 1. The van der Waals surface area contributed by atoms with Crippen molar-refractivity contribution in [1.82, 2.24) is 0 Å². The van der Waals surface area contributed by atoms with Crippen LogP contribution in [0, 0.1) is 6.92 Å². The summed E-state index contributed by atoms with van der Waals surface area (Å²) in [5.74, 6) is -0.495. The van der Waals surface area contributed by atoms with E-state index in [1.165, 1.54) is 18.2 Å². The highest BCUT2D eigenvalue weighted by Crippen LogP contribution is 2.23. The highest BCUT2D eigenvalue weighted by Gasteiger charge is 2.21. The molecule has 0 atom stereocenters. The maximum Gasteiger partial charge on any atom is 0.796 e. The van der Waals surface area contributed by atoms with Crippen molar-refractivity contribution in [1.29, 1.82) is 0 Å². The van der Waals surface area contributed by atoms with Crippen molar-refractivity contribution < 1.29 is 18.1 Å². The van der Waals surface area contributed by atoms with Gasteiger partial charge >= 0.3 is 7.47 Å². The van der Waals surface area contributed by atoms with Gasteiger partial charge in [0.15, 0.2) is 5.78 Å². The van der Waals surface area contributed by atoms with Gasteiger partial charge in [0, 0.05) is 19.8 Å². The van der Waals surface area contributed by atoms with Crippen molar-refractivity contribution >= 4 is 25.0 Å². The van der Waals surface area contributed by atoms with Crippen LogP contribution in [0.3, 0.4) is 0 Å². The third kappa shape index (κ3) is 4.68. The first-order chi connectivity index (χ1) is 11.4. The molecule has 6 heteroatoms. The second-order valence-electron chi connectivity index (χ2n) is 5.56. The zero-order valence-corrected chi connectivity index (χ0v) is 13.8. The summed E-state index contributed by atoms with van der Waals surface area (Å²) in [6, 6.07) is 12.2. The van der Waals surface area contributed by atoms with Crippen molar-refractivity contribution in [3.05, 3.63) is 65.2 Å². The van der Waals surface area contributed by atoms with Gasteiger partial charge in [0.05, 0.1) is 5.56 Å². The molecule has 0 spiro atoms. The molecule has 0 unspecified atom stereocenters. The van der Waals surface area contributed by atoms with E-state index in [2.05, 4.69) is 4.65 Å². The molecule has 0 bridgehead atoms. The number of ketones is 1. The lowest BCUT2D eigenvalue weighted by Gasteiger charge is -2.11. The summed E-state index contributed by atoms with van der Waals surface area (Å²) in [6.07, 6.45) is 3.00. The number of carbonyl (C=O) groups is 1. The average Bonchev–Trinajstić information content (AvgIpc) is 2.52. The largest absolute Gasteiger partial charge is 0.796 e. The zero-order valence-electron chi connectivity index (χ0n) is 13.8. The van der Waals surface area contributed by atoms with Gasteiger partial charge in [0.25, 0.3) is 0 Å². The Morgan fingerprint density at radius 2 is 1.79 bits per heavy atom. The summed E-state index contributed by atoms with van der Waals surface area (Å²) in [7, 11) is 0.910. The number of halogens is 2. The molecule has 0 aromatic heterocycles. The Labute approximate surface area is 140 Å². The van der Waals surface area contributed by atoms with Crippen LogP contribution in [0.1, 0.15) is 21.5 Å². The first-order valence-electron chi connectivity index (χ1n) is 7.42. The van der Waals surface area contributed by atoms with Crippen LogP contribution in [0.25, 0.3) is 6.08 Å². The molecule has 3 nitrogen and oxygen atoms in total. The van der Waals surface area contributed by atoms with Crippen LogP contribution in [0.4, 0.5) is 14.3 Å². The lowest BCUT2D eigenvalue weighted by Crippen LogP contribution is -2.11. The van der Waals surface area contributed by atoms with E-state index >= 15 is 0 Å². The van der Waals surface area contributed by atoms with Gasteiger partial charge in [0.1, 0.15) is 5.75 Å². The fraction of sp³-hybridized carbons (Fsp3) is 0.167. The predicted molar refractivity (Wildman–Crippen MR) is 93.9 cm³/mol. The van der Waals surface area contributed by atoms with Crippen LogP contribution < -0.4 is 9.55 Å². The van der Waals surface area contributed by atoms with Crippen molar-refractivity contribution in [2.24, 2.45) is 0 Å². The predicted octanol–water partition coefficient (Wildman–Crippen LogP) is 4.26. The number of hydrogen-bond acceptors (Lipinski definition) is 3. The summed E-state index contributed by atoms with van der Waals surface area (Å²) in [6.45, 7) is 1.74. The van der Waals surface area contributed by atoms with Gasteiger partial charge in [-0.1, -0.05) is 24.3 Å². The molecule has 0 saturated heterocycles. The highest BCUT2D eigenvalue weighted by atomic mass is 19.2. The van der Waals surface area contributed by atoms with E-state index in [-0.39, 0.29) is 17.1 Å².